The number of nitrogens with one attached hydrogen (secondary N) is 1. The van der Waals surface area contributed by atoms with Crippen molar-refractivity contribution in [2.75, 3.05) is 18.5 Å². The van der Waals surface area contributed by atoms with Gasteiger partial charge in [-0.05, 0) is 49.2 Å². The Morgan fingerprint density at radius 2 is 1.80 bits per heavy atom. The molecule has 1 aliphatic rings. The first-order valence-corrected chi connectivity index (χ1v) is 7.94. The second-order valence-electron chi connectivity index (χ2n) is 5.90. The van der Waals surface area contributed by atoms with Gasteiger partial charge in [-0.3, -0.25) is 4.79 Å². The monoisotopic (exact) mass is 341 g/mol. The molecule has 0 fully saturated rings. The fourth-order valence-corrected chi connectivity index (χ4v) is 2.61. The van der Waals surface area contributed by atoms with E-state index in [0.29, 0.717) is 17.2 Å². The van der Waals surface area contributed by atoms with E-state index in [1.165, 1.54) is 0 Å². The Bertz CT molecular complexity index is 782. The molecule has 0 spiro atoms. The number of benzene rings is 2. The zero-order valence-corrected chi connectivity index (χ0v) is 14.1. The third kappa shape index (κ3) is 4.29. The Kier molecular flexibility index (Phi) is 4.88. The highest BCUT2D eigenvalue weighted by Gasteiger charge is 2.29. The SMILES string of the molecule is Cc1cc(C)cc(NC(=O)COC(=O)[C@@H]2COc3ccccc3O2)c1. The van der Waals surface area contributed by atoms with Gasteiger partial charge in [-0.1, -0.05) is 18.2 Å². The van der Waals surface area contributed by atoms with Crippen LogP contribution >= 0.6 is 0 Å². The van der Waals surface area contributed by atoms with Gasteiger partial charge in [0.05, 0.1) is 0 Å². The maximum atomic E-state index is 12.1. The molecule has 6 nitrogen and oxygen atoms in total. The van der Waals surface area contributed by atoms with Gasteiger partial charge in [0, 0.05) is 5.69 Å². The van der Waals surface area contributed by atoms with Crippen molar-refractivity contribution in [3.63, 3.8) is 0 Å². The number of esters is 1. The predicted octanol–water partition coefficient (Wildman–Crippen LogP) is 2.63. The van der Waals surface area contributed by atoms with Crippen LogP contribution in [0.1, 0.15) is 11.1 Å². The van der Waals surface area contributed by atoms with E-state index in [0.717, 1.165) is 11.1 Å². The van der Waals surface area contributed by atoms with Gasteiger partial charge in [0.1, 0.15) is 6.61 Å². The average molecular weight is 341 g/mol. The third-order valence-electron chi connectivity index (χ3n) is 3.62. The average Bonchev–Trinajstić information content (AvgIpc) is 2.58. The van der Waals surface area contributed by atoms with Crippen LogP contribution in [-0.4, -0.2) is 31.2 Å². The quantitative estimate of drug-likeness (QED) is 0.866. The van der Waals surface area contributed by atoms with Crippen LogP contribution in [-0.2, 0) is 14.3 Å². The summed E-state index contributed by atoms with van der Waals surface area (Å²) in [5.41, 5.74) is 2.75. The largest absolute Gasteiger partial charge is 0.485 e. The van der Waals surface area contributed by atoms with E-state index in [-0.39, 0.29) is 13.2 Å². The summed E-state index contributed by atoms with van der Waals surface area (Å²) in [6.07, 6.45) is -0.885. The Hall–Kier alpha value is -3.02. The number of carbonyl (C=O) groups is 2. The minimum atomic E-state index is -0.885. The van der Waals surface area contributed by atoms with Crippen LogP contribution in [0.3, 0.4) is 0 Å². The van der Waals surface area contributed by atoms with E-state index in [2.05, 4.69) is 5.32 Å². The minimum absolute atomic E-state index is 0.0501. The summed E-state index contributed by atoms with van der Waals surface area (Å²) in [6, 6.07) is 12.8. The molecule has 0 saturated carbocycles. The van der Waals surface area contributed by atoms with Gasteiger partial charge in [0.25, 0.3) is 5.91 Å². The summed E-state index contributed by atoms with van der Waals surface area (Å²) in [6.45, 7) is 3.56. The molecule has 0 radical (unpaired) electrons. The summed E-state index contributed by atoms with van der Waals surface area (Å²) in [4.78, 5) is 24.0. The van der Waals surface area contributed by atoms with E-state index < -0.39 is 18.0 Å². The zero-order chi connectivity index (χ0) is 17.8. The molecule has 1 heterocycles. The first-order chi connectivity index (χ1) is 12.0. The van der Waals surface area contributed by atoms with Crippen molar-refractivity contribution in [1.82, 2.24) is 0 Å². The molecule has 0 aromatic heterocycles. The van der Waals surface area contributed by atoms with Crippen molar-refractivity contribution in [2.24, 2.45) is 0 Å². The summed E-state index contributed by atoms with van der Waals surface area (Å²) >= 11 is 0. The van der Waals surface area contributed by atoms with Crippen LogP contribution in [0, 0.1) is 13.8 Å². The van der Waals surface area contributed by atoms with Crippen LogP contribution < -0.4 is 14.8 Å². The van der Waals surface area contributed by atoms with E-state index in [4.69, 9.17) is 14.2 Å². The predicted molar refractivity (Wildman–Crippen MR) is 91.9 cm³/mol. The number of anilines is 1. The van der Waals surface area contributed by atoms with Gasteiger partial charge in [0.15, 0.2) is 18.1 Å². The molecule has 130 valence electrons. The number of aryl methyl sites for hydroxylation is 2. The van der Waals surface area contributed by atoms with Crippen LogP contribution in [0.4, 0.5) is 5.69 Å². The number of ether oxygens (including phenoxy) is 3. The van der Waals surface area contributed by atoms with Crippen molar-refractivity contribution < 1.29 is 23.8 Å². The Balaban J connectivity index is 1.51. The molecular weight excluding hydrogens is 322 g/mol. The summed E-state index contributed by atoms with van der Waals surface area (Å²) < 4.78 is 16.0. The van der Waals surface area contributed by atoms with Crippen LogP contribution in [0.25, 0.3) is 0 Å². The van der Waals surface area contributed by atoms with Crippen LogP contribution in [0.15, 0.2) is 42.5 Å². The molecule has 2 aromatic carbocycles. The number of hydrogen-bond acceptors (Lipinski definition) is 5. The third-order valence-corrected chi connectivity index (χ3v) is 3.62. The number of fused-ring (bicyclic) bond motifs is 1. The molecule has 1 atom stereocenters. The molecule has 0 saturated heterocycles. The number of amides is 1. The van der Waals surface area contributed by atoms with E-state index in [9.17, 15) is 9.59 Å². The Morgan fingerprint density at radius 1 is 1.12 bits per heavy atom. The number of para-hydroxylation sites is 2. The maximum absolute atomic E-state index is 12.1. The number of carbonyl (C=O) groups excluding carboxylic acids is 2. The molecule has 3 rings (SSSR count). The number of rotatable bonds is 4. The summed E-state index contributed by atoms with van der Waals surface area (Å²) in [7, 11) is 0. The van der Waals surface area contributed by atoms with Gasteiger partial charge < -0.3 is 19.5 Å². The molecule has 0 unspecified atom stereocenters. The highest BCUT2D eigenvalue weighted by molar-refractivity contribution is 5.93. The minimum Gasteiger partial charge on any atom is -0.485 e. The fraction of sp³-hybridized carbons (Fsp3) is 0.263. The Labute approximate surface area is 145 Å². The van der Waals surface area contributed by atoms with Crippen LogP contribution in [0.2, 0.25) is 0 Å². The molecule has 0 bridgehead atoms. The van der Waals surface area contributed by atoms with Crippen molar-refractivity contribution in [3.05, 3.63) is 53.6 Å². The van der Waals surface area contributed by atoms with Crippen molar-refractivity contribution in [2.45, 2.75) is 20.0 Å². The van der Waals surface area contributed by atoms with E-state index in [1.54, 1.807) is 18.2 Å². The lowest BCUT2D eigenvalue weighted by Gasteiger charge is -2.24. The molecule has 2 aromatic rings. The first-order valence-electron chi connectivity index (χ1n) is 7.94. The smallest absolute Gasteiger partial charge is 0.351 e. The normalized spacial score (nSPS) is 15.4. The topological polar surface area (TPSA) is 73.9 Å². The lowest BCUT2D eigenvalue weighted by atomic mass is 10.1. The zero-order valence-electron chi connectivity index (χ0n) is 14.1. The fourth-order valence-electron chi connectivity index (χ4n) is 2.61. The van der Waals surface area contributed by atoms with Crippen molar-refractivity contribution in [1.29, 1.82) is 0 Å². The van der Waals surface area contributed by atoms with Crippen molar-refractivity contribution >= 4 is 17.6 Å². The van der Waals surface area contributed by atoms with E-state index >= 15 is 0 Å². The van der Waals surface area contributed by atoms with Gasteiger partial charge >= 0.3 is 5.97 Å². The maximum Gasteiger partial charge on any atom is 0.351 e. The van der Waals surface area contributed by atoms with Gasteiger partial charge in [-0.2, -0.15) is 0 Å². The highest BCUT2D eigenvalue weighted by Crippen LogP contribution is 2.31. The lowest BCUT2D eigenvalue weighted by molar-refractivity contribution is -0.156. The standard InChI is InChI=1S/C19H19NO5/c1-12-7-13(2)9-14(8-12)20-18(21)11-24-19(22)17-10-23-15-5-3-4-6-16(15)25-17/h3-9,17H,10-11H2,1-2H3,(H,20,21)/t17-/m0/s1. The molecular formula is C19H19NO5. The summed E-state index contributed by atoms with van der Waals surface area (Å²) in [5, 5.41) is 2.71. The second-order valence-corrected chi connectivity index (χ2v) is 5.90. The molecule has 25 heavy (non-hydrogen) atoms. The molecule has 1 N–H and O–H groups in total. The highest BCUT2D eigenvalue weighted by atomic mass is 16.6. The van der Waals surface area contributed by atoms with Crippen LogP contribution in [0.5, 0.6) is 11.5 Å². The summed E-state index contributed by atoms with van der Waals surface area (Å²) in [5.74, 6) is 0.0232. The van der Waals surface area contributed by atoms with Gasteiger partial charge in [-0.25, -0.2) is 4.79 Å². The van der Waals surface area contributed by atoms with Gasteiger partial charge in [0.2, 0.25) is 6.10 Å². The number of hydrogen-bond donors (Lipinski definition) is 1. The second kappa shape index (κ2) is 7.25. The van der Waals surface area contributed by atoms with Crippen molar-refractivity contribution in [3.8, 4) is 11.5 Å². The van der Waals surface area contributed by atoms with Gasteiger partial charge in [-0.15, -0.1) is 0 Å². The first kappa shape index (κ1) is 16.8. The molecule has 0 aliphatic carbocycles. The lowest BCUT2D eigenvalue weighted by Crippen LogP contribution is -2.39. The van der Waals surface area contributed by atoms with E-state index in [1.807, 2.05) is 38.1 Å². The molecule has 1 aliphatic heterocycles. The molecule has 6 heteroatoms. The Morgan fingerprint density at radius 3 is 2.52 bits per heavy atom. The molecule has 1 amide bonds.